The zero-order valence-corrected chi connectivity index (χ0v) is 42.2. The molecule has 0 radical (unpaired) electrons. The Kier molecular flexibility index (Phi) is 12.7. The quantitative estimate of drug-likeness (QED) is 0.142. The fraction of sp³-hybridized carbons (Fsp3) is 0.304. The van der Waals surface area contributed by atoms with Gasteiger partial charge < -0.3 is 9.80 Å². The van der Waals surface area contributed by atoms with Crippen LogP contribution in [0.3, 0.4) is 0 Å². The summed E-state index contributed by atoms with van der Waals surface area (Å²) in [7, 11) is 0. The number of hydrogen-bond donors (Lipinski definition) is 0. The first-order valence-electron chi connectivity index (χ1n) is 27.4. The maximum absolute atomic E-state index is 2.61. The molecule has 2 heteroatoms. The molecular weight excluding hydrogens is 857 g/mol. The molecule has 2 nitrogen and oxygen atoms in total. The average molecular weight is 927 g/mol. The lowest BCUT2D eigenvalue weighted by atomic mass is 9.81. The standard InChI is InChI=1S/C69H70N2/c1-69(2)65-47-58(53-21-13-7-14-22-53)37-43-63(65)64-44-42-62(48-66(64)69)71(61-40-35-55(36-41-61)51-17-9-4-3-5-10-18-51)68-46-50-26-30-56-29-25-49(27-31-57(68)32-28-50)45-67(56)70(59-23-15-8-16-24-59)60-38-33-54(34-39-60)52-19-11-6-12-20-52/h7-8,13-16,21-25,28-29,32-48,51-52H,3-6,9-12,17-20,26-27,30-31H2,1-2H3. The van der Waals surface area contributed by atoms with E-state index in [1.807, 2.05) is 0 Å². The van der Waals surface area contributed by atoms with Crippen molar-refractivity contribution in [2.45, 2.75) is 134 Å². The van der Waals surface area contributed by atoms with Crippen molar-refractivity contribution in [2.24, 2.45) is 0 Å². The van der Waals surface area contributed by atoms with Gasteiger partial charge in [0.1, 0.15) is 0 Å². The van der Waals surface area contributed by atoms with Gasteiger partial charge >= 0.3 is 0 Å². The van der Waals surface area contributed by atoms with Gasteiger partial charge in [-0.15, -0.1) is 0 Å². The van der Waals surface area contributed by atoms with E-state index in [2.05, 4.69) is 206 Å². The summed E-state index contributed by atoms with van der Waals surface area (Å²) in [4.78, 5) is 5.14. The van der Waals surface area contributed by atoms with Crippen LogP contribution in [0.25, 0.3) is 22.3 Å². The van der Waals surface area contributed by atoms with Crippen LogP contribution in [0.2, 0.25) is 0 Å². The summed E-state index contributed by atoms with van der Waals surface area (Å²) >= 11 is 0. The van der Waals surface area contributed by atoms with Gasteiger partial charge in [-0.3, -0.25) is 0 Å². The van der Waals surface area contributed by atoms with Crippen molar-refractivity contribution in [3.63, 3.8) is 0 Å². The summed E-state index contributed by atoms with van der Waals surface area (Å²) < 4.78 is 0. The second-order valence-corrected chi connectivity index (χ2v) is 22.0. The molecule has 356 valence electrons. The van der Waals surface area contributed by atoms with Crippen LogP contribution < -0.4 is 9.80 Å². The van der Waals surface area contributed by atoms with Crippen molar-refractivity contribution < 1.29 is 0 Å². The van der Waals surface area contributed by atoms with Crippen LogP contribution in [0.1, 0.15) is 147 Å². The van der Waals surface area contributed by atoms with Gasteiger partial charge in [0.2, 0.25) is 0 Å². The summed E-state index contributed by atoms with van der Waals surface area (Å²) in [6.45, 7) is 4.86. The number of benzene rings is 8. The summed E-state index contributed by atoms with van der Waals surface area (Å²) in [6, 6.07) is 70.6. The molecule has 2 fully saturated rings. The minimum atomic E-state index is -0.157. The Balaban J connectivity index is 0.920. The number of anilines is 6. The van der Waals surface area contributed by atoms with Gasteiger partial charge in [0.15, 0.2) is 0 Å². The van der Waals surface area contributed by atoms with Crippen molar-refractivity contribution in [3.05, 3.63) is 226 Å². The highest BCUT2D eigenvalue weighted by Gasteiger charge is 2.37. The smallest absolute Gasteiger partial charge is 0.0496 e. The Morgan fingerprint density at radius 2 is 0.789 bits per heavy atom. The largest absolute Gasteiger partial charge is 0.310 e. The number of para-hydroxylation sites is 1. The molecule has 0 N–H and O–H groups in total. The van der Waals surface area contributed by atoms with Gasteiger partial charge in [-0.1, -0.05) is 180 Å². The maximum Gasteiger partial charge on any atom is 0.0496 e. The first-order chi connectivity index (χ1) is 34.9. The monoisotopic (exact) mass is 927 g/mol. The third kappa shape index (κ3) is 9.16. The fourth-order valence-electron chi connectivity index (χ4n) is 13.0. The predicted octanol–water partition coefficient (Wildman–Crippen LogP) is 19.4. The van der Waals surface area contributed by atoms with Gasteiger partial charge in [0.05, 0.1) is 0 Å². The molecule has 7 aliphatic rings. The van der Waals surface area contributed by atoms with Crippen molar-refractivity contribution >= 4 is 34.1 Å². The molecule has 71 heavy (non-hydrogen) atoms. The molecule has 2 saturated carbocycles. The number of fused-ring (bicyclic) bond motifs is 3. The highest BCUT2D eigenvalue weighted by atomic mass is 15.2. The Hall–Kier alpha value is -6.64. The molecular formula is C69H70N2. The van der Waals surface area contributed by atoms with Crippen LogP contribution in [0.5, 0.6) is 0 Å². The van der Waals surface area contributed by atoms with Crippen molar-refractivity contribution in [1.29, 1.82) is 0 Å². The lowest BCUT2D eigenvalue weighted by molar-refractivity contribution is 0.443. The van der Waals surface area contributed by atoms with Crippen LogP contribution in [-0.4, -0.2) is 0 Å². The molecule has 15 rings (SSSR count). The summed E-state index contributed by atoms with van der Waals surface area (Å²) in [5.74, 6) is 1.34. The lowest BCUT2D eigenvalue weighted by Crippen LogP contribution is -2.18. The number of aryl methyl sites for hydroxylation is 4. The molecule has 0 aromatic heterocycles. The molecule has 0 amide bonds. The Labute approximate surface area is 424 Å². The van der Waals surface area contributed by atoms with E-state index in [9.17, 15) is 0 Å². The van der Waals surface area contributed by atoms with E-state index in [-0.39, 0.29) is 5.41 Å². The van der Waals surface area contributed by atoms with Crippen LogP contribution in [0.4, 0.5) is 34.1 Å². The van der Waals surface area contributed by atoms with E-state index in [1.165, 1.54) is 178 Å². The molecule has 4 bridgehead atoms. The van der Waals surface area contributed by atoms with Gasteiger partial charge in [-0.2, -0.15) is 0 Å². The third-order valence-corrected chi connectivity index (χ3v) is 17.1. The minimum Gasteiger partial charge on any atom is -0.310 e. The third-order valence-electron chi connectivity index (χ3n) is 17.1. The minimum absolute atomic E-state index is 0.157. The maximum atomic E-state index is 2.61. The van der Waals surface area contributed by atoms with E-state index in [0.29, 0.717) is 11.8 Å². The molecule has 0 atom stereocenters. The number of rotatable bonds is 9. The molecule has 8 aromatic rings. The molecule has 7 aliphatic carbocycles. The summed E-state index contributed by atoms with van der Waals surface area (Å²) in [5.41, 5.74) is 24.0. The second kappa shape index (κ2) is 19.9. The molecule has 0 saturated heterocycles. The molecule has 0 unspecified atom stereocenters. The van der Waals surface area contributed by atoms with Gasteiger partial charge in [0.25, 0.3) is 0 Å². The van der Waals surface area contributed by atoms with Crippen molar-refractivity contribution in [1.82, 2.24) is 0 Å². The molecule has 0 heterocycles. The van der Waals surface area contributed by atoms with Gasteiger partial charge in [-0.25, -0.2) is 0 Å². The fourth-order valence-corrected chi connectivity index (χ4v) is 13.0. The summed E-state index contributed by atoms with van der Waals surface area (Å²) in [5, 5.41) is 0. The van der Waals surface area contributed by atoms with E-state index in [4.69, 9.17) is 0 Å². The second-order valence-electron chi connectivity index (χ2n) is 22.0. The topological polar surface area (TPSA) is 6.48 Å². The van der Waals surface area contributed by atoms with Crippen LogP contribution >= 0.6 is 0 Å². The van der Waals surface area contributed by atoms with Crippen molar-refractivity contribution in [3.8, 4) is 22.3 Å². The average Bonchev–Trinajstić information content (AvgIpc) is 3.63. The Morgan fingerprint density at radius 1 is 0.352 bits per heavy atom. The highest BCUT2D eigenvalue weighted by Crippen LogP contribution is 2.52. The van der Waals surface area contributed by atoms with E-state index >= 15 is 0 Å². The zero-order chi connectivity index (χ0) is 47.7. The lowest BCUT2D eigenvalue weighted by Gasteiger charge is -2.31. The van der Waals surface area contributed by atoms with E-state index in [0.717, 1.165) is 25.7 Å². The van der Waals surface area contributed by atoms with Crippen molar-refractivity contribution in [2.75, 3.05) is 9.80 Å². The highest BCUT2D eigenvalue weighted by molar-refractivity contribution is 5.88. The normalized spacial score (nSPS) is 16.8. The summed E-state index contributed by atoms with van der Waals surface area (Å²) in [6.07, 6.45) is 20.0. The van der Waals surface area contributed by atoms with Gasteiger partial charge in [0, 0.05) is 39.5 Å². The number of nitrogens with zero attached hydrogens (tertiary/aromatic N) is 2. The molecule has 0 spiro atoms. The first kappa shape index (κ1) is 45.5. The Morgan fingerprint density at radius 3 is 1.34 bits per heavy atom. The van der Waals surface area contributed by atoms with Gasteiger partial charge in [-0.05, 0) is 197 Å². The molecule has 8 aromatic carbocycles. The van der Waals surface area contributed by atoms with Crippen LogP contribution in [0.15, 0.2) is 182 Å². The van der Waals surface area contributed by atoms with Crippen LogP contribution in [0, 0.1) is 0 Å². The number of hydrogen-bond acceptors (Lipinski definition) is 2. The zero-order valence-electron chi connectivity index (χ0n) is 42.2. The first-order valence-corrected chi connectivity index (χ1v) is 27.4. The van der Waals surface area contributed by atoms with E-state index < -0.39 is 0 Å². The van der Waals surface area contributed by atoms with E-state index in [1.54, 1.807) is 0 Å². The Bertz CT molecular complexity index is 3110. The predicted molar refractivity (Wildman–Crippen MR) is 301 cm³/mol. The van der Waals surface area contributed by atoms with Crippen LogP contribution in [-0.2, 0) is 31.1 Å². The SMILES string of the molecule is CC1(C)c2cc(-c3ccccc3)ccc2-c2ccc(N(c3ccc(C4CCCCCCC4)cc3)c3cc4ccc3CCc3ccc(c(N(c5ccccc5)c5ccc(C6CCCCC6)cc5)c3)CC4)cc21. The molecule has 0 aliphatic heterocycles.